The highest BCUT2D eigenvalue weighted by Gasteiger charge is 2.41. The van der Waals surface area contributed by atoms with Crippen LogP contribution in [0.15, 0.2) is 0 Å². The summed E-state index contributed by atoms with van der Waals surface area (Å²) in [4.78, 5) is 4.49. The molecule has 0 aromatic carbocycles. The number of rotatable bonds is 5. The Morgan fingerprint density at radius 2 is 2.00 bits per heavy atom. The molecule has 0 saturated heterocycles. The Balaban J connectivity index is 1.66. The summed E-state index contributed by atoms with van der Waals surface area (Å²) in [5.41, 5.74) is 0. The Kier molecular flexibility index (Phi) is 2.39. The summed E-state index contributed by atoms with van der Waals surface area (Å²) >= 11 is 1.52. The average molecular weight is 223 g/mol. The van der Waals surface area contributed by atoms with Gasteiger partial charge in [-0.2, -0.15) is 4.37 Å². The van der Waals surface area contributed by atoms with Gasteiger partial charge in [-0.25, -0.2) is 4.98 Å². The topological polar surface area (TPSA) is 37.8 Å². The van der Waals surface area contributed by atoms with Crippen LogP contribution in [0.5, 0.6) is 0 Å². The first kappa shape index (κ1) is 9.58. The largest absolute Gasteiger partial charge is 0.357 e. The Morgan fingerprint density at radius 3 is 2.47 bits per heavy atom. The van der Waals surface area contributed by atoms with E-state index in [0.29, 0.717) is 6.04 Å². The van der Waals surface area contributed by atoms with Gasteiger partial charge in [-0.1, -0.05) is 6.92 Å². The van der Waals surface area contributed by atoms with E-state index in [1.807, 2.05) is 0 Å². The second-order valence-corrected chi connectivity index (χ2v) is 5.47. The Hall–Kier alpha value is -0.640. The first-order chi connectivity index (χ1) is 7.36. The van der Waals surface area contributed by atoms with E-state index < -0.39 is 0 Å². The number of aromatic nitrogens is 2. The second kappa shape index (κ2) is 3.74. The van der Waals surface area contributed by atoms with E-state index in [4.69, 9.17) is 0 Å². The maximum atomic E-state index is 4.49. The van der Waals surface area contributed by atoms with Gasteiger partial charge in [0.1, 0.15) is 5.82 Å². The van der Waals surface area contributed by atoms with Gasteiger partial charge < -0.3 is 5.32 Å². The van der Waals surface area contributed by atoms with Crippen LogP contribution in [0.2, 0.25) is 0 Å². The third-order valence-electron chi connectivity index (χ3n) is 3.33. The van der Waals surface area contributed by atoms with Gasteiger partial charge in [0.25, 0.3) is 0 Å². The molecular weight excluding hydrogens is 206 g/mol. The molecule has 3 rings (SSSR count). The number of hydrogen-bond donors (Lipinski definition) is 1. The van der Waals surface area contributed by atoms with E-state index >= 15 is 0 Å². The van der Waals surface area contributed by atoms with Gasteiger partial charge in [0.2, 0.25) is 5.13 Å². The summed E-state index contributed by atoms with van der Waals surface area (Å²) in [6, 6.07) is 0.697. The third kappa shape index (κ3) is 2.14. The minimum atomic E-state index is 0.697. The summed E-state index contributed by atoms with van der Waals surface area (Å²) in [5.74, 6) is 2.82. The number of aryl methyl sites for hydroxylation is 1. The molecule has 0 atom stereocenters. The maximum absolute atomic E-state index is 4.49. The molecule has 1 N–H and O–H groups in total. The first-order valence-electron chi connectivity index (χ1n) is 5.96. The van der Waals surface area contributed by atoms with Crippen molar-refractivity contribution in [1.29, 1.82) is 0 Å². The van der Waals surface area contributed by atoms with Crippen molar-refractivity contribution in [2.75, 3.05) is 5.32 Å². The highest BCUT2D eigenvalue weighted by molar-refractivity contribution is 7.09. The molecule has 0 amide bonds. The number of nitrogens with zero attached hydrogens (tertiary/aromatic N) is 2. The summed E-state index contributed by atoms with van der Waals surface area (Å²) < 4.78 is 4.32. The van der Waals surface area contributed by atoms with Crippen molar-refractivity contribution in [1.82, 2.24) is 9.36 Å². The van der Waals surface area contributed by atoms with Gasteiger partial charge in [-0.05, 0) is 37.5 Å². The van der Waals surface area contributed by atoms with Crippen molar-refractivity contribution in [3.63, 3.8) is 0 Å². The van der Waals surface area contributed by atoms with E-state index in [-0.39, 0.29) is 0 Å². The summed E-state index contributed by atoms with van der Waals surface area (Å²) in [6.45, 7) is 2.10. The Morgan fingerprint density at radius 1 is 1.33 bits per heavy atom. The van der Waals surface area contributed by atoms with Gasteiger partial charge in [0.05, 0.1) is 0 Å². The number of nitrogens with one attached hydrogen (secondary N) is 1. The van der Waals surface area contributed by atoms with Crippen molar-refractivity contribution in [2.24, 2.45) is 11.8 Å². The number of hydrogen-bond acceptors (Lipinski definition) is 4. The fourth-order valence-corrected chi connectivity index (χ4v) is 2.83. The minimum Gasteiger partial charge on any atom is -0.357 e. The van der Waals surface area contributed by atoms with Crippen molar-refractivity contribution in [2.45, 2.75) is 45.1 Å². The Bertz CT molecular complexity index is 329. The molecule has 1 heterocycles. The molecule has 1 aromatic rings. The summed E-state index contributed by atoms with van der Waals surface area (Å²) in [7, 11) is 0. The quantitative estimate of drug-likeness (QED) is 0.834. The van der Waals surface area contributed by atoms with Crippen molar-refractivity contribution >= 4 is 16.7 Å². The molecule has 0 bridgehead atoms. The highest BCUT2D eigenvalue weighted by Crippen LogP contribution is 2.45. The van der Waals surface area contributed by atoms with Crippen molar-refractivity contribution in [3.8, 4) is 0 Å². The maximum Gasteiger partial charge on any atom is 0.202 e. The van der Waals surface area contributed by atoms with Crippen LogP contribution >= 0.6 is 11.5 Å². The molecule has 2 fully saturated rings. The normalized spacial score (nSPS) is 20.9. The van der Waals surface area contributed by atoms with Gasteiger partial charge >= 0.3 is 0 Å². The predicted molar refractivity (Wildman–Crippen MR) is 62.1 cm³/mol. The molecule has 0 unspecified atom stereocenters. The standard InChI is InChI=1S/C11H17N3S/c1-2-9-12-11(15-14-9)13-10(7-3-4-7)8-5-6-8/h7-8,10H,2-6H2,1H3,(H,12,13,14). The zero-order valence-corrected chi connectivity index (χ0v) is 9.89. The molecule has 3 nitrogen and oxygen atoms in total. The van der Waals surface area contributed by atoms with Crippen LogP contribution in [-0.2, 0) is 6.42 Å². The van der Waals surface area contributed by atoms with E-state index in [9.17, 15) is 0 Å². The second-order valence-electron chi connectivity index (χ2n) is 4.71. The van der Waals surface area contributed by atoms with E-state index in [2.05, 4.69) is 21.6 Å². The molecule has 0 radical (unpaired) electrons. The van der Waals surface area contributed by atoms with Crippen LogP contribution in [0.1, 0.15) is 38.4 Å². The van der Waals surface area contributed by atoms with Gasteiger partial charge in [-0.15, -0.1) is 0 Å². The van der Waals surface area contributed by atoms with Gasteiger partial charge in [-0.3, -0.25) is 0 Å². The zero-order valence-electron chi connectivity index (χ0n) is 9.07. The van der Waals surface area contributed by atoms with Crippen LogP contribution in [0, 0.1) is 11.8 Å². The van der Waals surface area contributed by atoms with E-state index in [1.165, 1.54) is 37.2 Å². The van der Waals surface area contributed by atoms with E-state index in [1.54, 1.807) is 0 Å². The lowest BCUT2D eigenvalue weighted by Crippen LogP contribution is -2.24. The smallest absolute Gasteiger partial charge is 0.202 e. The molecule has 2 saturated carbocycles. The zero-order chi connectivity index (χ0) is 10.3. The lowest BCUT2D eigenvalue weighted by Gasteiger charge is -2.15. The molecule has 0 spiro atoms. The molecule has 15 heavy (non-hydrogen) atoms. The molecule has 1 aromatic heterocycles. The Labute approximate surface area is 94.5 Å². The molecule has 0 aliphatic heterocycles. The van der Waals surface area contributed by atoms with Crippen LogP contribution in [0.3, 0.4) is 0 Å². The lowest BCUT2D eigenvalue weighted by molar-refractivity contribution is 0.567. The summed E-state index contributed by atoms with van der Waals surface area (Å²) in [6.07, 6.45) is 6.58. The predicted octanol–water partition coefficient (Wildman–Crippen LogP) is 2.70. The van der Waals surface area contributed by atoms with Gasteiger partial charge in [0.15, 0.2) is 0 Å². The highest BCUT2D eigenvalue weighted by atomic mass is 32.1. The molecule has 82 valence electrons. The molecule has 4 heteroatoms. The SMILES string of the molecule is CCc1nsc(NC(C2CC2)C2CC2)n1. The fraction of sp³-hybridized carbons (Fsp3) is 0.818. The first-order valence-corrected chi connectivity index (χ1v) is 6.73. The van der Waals surface area contributed by atoms with Crippen LogP contribution in [-0.4, -0.2) is 15.4 Å². The summed E-state index contributed by atoms with van der Waals surface area (Å²) in [5, 5.41) is 4.64. The van der Waals surface area contributed by atoms with Gasteiger partial charge in [0, 0.05) is 24.0 Å². The van der Waals surface area contributed by atoms with Crippen molar-refractivity contribution < 1.29 is 0 Å². The molecular formula is C11H17N3S. The fourth-order valence-electron chi connectivity index (χ4n) is 2.13. The van der Waals surface area contributed by atoms with E-state index in [0.717, 1.165) is 29.2 Å². The average Bonchev–Trinajstić information content (AvgIpc) is 3.14. The van der Waals surface area contributed by atoms with Crippen molar-refractivity contribution in [3.05, 3.63) is 5.82 Å². The number of anilines is 1. The minimum absolute atomic E-state index is 0.697. The van der Waals surface area contributed by atoms with Crippen LogP contribution in [0.4, 0.5) is 5.13 Å². The molecule has 2 aliphatic carbocycles. The molecule has 2 aliphatic rings. The third-order valence-corrected chi connectivity index (χ3v) is 4.02. The lowest BCUT2D eigenvalue weighted by atomic mass is 10.1. The van der Waals surface area contributed by atoms with Crippen LogP contribution < -0.4 is 5.32 Å². The van der Waals surface area contributed by atoms with Crippen LogP contribution in [0.25, 0.3) is 0 Å². The monoisotopic (exact) mass is 223 g/mol.